The van der Waals surface area contributed by atoms with Crippen molar-refractivity contribution in [2.24, 2.45) is 0 Å². The van der Waals surface area contributed by atoms with Crippen LogP contribution in [0.3, 0.4) is 0 Å². The van der Waals surface area contributed by atoms with E-state index in [2.05, 4.69) is 20.6 Å². The van der Waals surface area contributed by atoms with E-state index in [0.29, 0.717) is 52.3 Å². The van der Waals surface area contributed by atoms with E-state index in [1.54, 1.807) is 19.4 Å². The number of rotatable bonds is 6. The predicted molar refractivity (Wildman–Crippen MR) is 139 cm³/mol. The van der Waals surface area contributed by atoms with Crippen molar-refractivity contribution in [3.8, 4) is 22.9 Å². The van der Waals surface area contributed by atoms with Crippen LogP contribution in [0.5, 0.6) is 11.6 Å². The van der Waals surface area contributed by atoms with Crippen molar-refractivity contribution in [3.05, 3.63) is 58.9 Å². The van der Waals surface area contributed by atoms with Crippen LogP contribution in [-0.4, -0.2) is 53.3 Å². The van der Waals surface area contributed by atoms with Gasteiger partial charge < -0.3 is 29.8 Å². The number of aromatic nitrogens is 3. The van der Waals surface area contributed by atoms with Crippen molar-refractivity contribution in [3.63, 3.8) is 0 Å². The smallest absolute Gasteiger partial charge is 0.255 e. The Hall–Kier alpha value is -3.82. The molecule has 0 spiro atoms. The van der Waals surface area contributed by atoms with E-state index in [-0.39, 0.29) is 24.0 Å². The Kier molecular flexibility index (Phi) is 5.23. The zero-order valence-electron chi connectivity index (χ0n) is 20.0. The summed E-state index contributed by atoms with van der Waals surface area (Å²) in [4.78, 5) is 26.1. The maximum Gasteiger partial charge on any atom is 0.255 e. The number of H-pyrrole nitrogens is 1. The van der Waals surface area contributed by atoms with Gasteiger partial charge in [0.05, 0.1) is 53.5 Å². The monoisotopic (exact) mass is 517 g/mol. The molecule has 1 aliphatic carbocycles. The summed E-state index contributed by atoms with van der Waals surface area (Å²) in [6.45, 7) is 1.24. The Morgan fingerprint density at radius 2 is 2.14 bits per heavy atom. The molecule has 2 fully saturated rings. The van der Waals surface area contributed by atoms with Gasteiger partial charge in [0.25, 0.3) is 5.91 Å². The fraction of sp³-hybridized carbons (Fsp3) is 0.296. The standard InChI is InChI=1S/C27H24ClN5O4/c1-35-26-16(28)3-2-4-18(26)30-25-21-23(15-11-19(15)31-27(21)34)33-24(25)14-7-9-29-17-5-6-20(32-22(14)17)37-13-8-10-36-12-13/h2-7,9,13,15,19,30,33H,8,10-12H2,1H3,(H,31,34)/t13-,15-,19+/m0/s1. The van der Waals surface area contributed by atoms with Crippen LogP contribution in [-0.2, 0) is 4.74 Å². The second-order valence-corrected chi connectivity index (χ2v) is 9.92. The number of amides is 1. The molecule has 0 unspecified atom stereocenters. The number of carbonyl (C=O) groups excluding carboxylic acids is 1. The number of halogens is 1. The molecule has 37 heavy (non-hydrogen) atoms. The maximum atomic E-state index is 13.2. The first-order valence-corrected chi connectivity index (χ1v) is 12.7. The number of nitrogens with one attached hydrogen (secondary N) is 3. The number of benzene rings is 1. The van der Waals surface area contributed by atoms with E-state index in [1.807, 2.05) is 30.3 Å². The third kappa shape index (κ3) is 3.77. The Labute approximate surface area is 217 Å². The average Bonchev–Trinajstić information content (AvgIpc) is 3.30. The third-order valence-electron chi connectivity index (χ3n) is 7.17. The van der Waals surface area contributed by atoms with E-state index in [9.17, 15) is 4.79 Å². The second kappa shape index (κ2) is 8.64. The number of hydrogen-bond acceptors (Lipinski definition) is 7. The molecule has 0 radical (unpaired) electrons. The molecule has 3 N–H and O–H groups in total. The predicted octanol–water partition coefficient (Wildman–Crippen LogP) is 4.80. The first-order chi connectivity index (χ1) is 18.1. The summed E-state index contributed by atoms with van der Waals surface area (Å²) >= 11 is 6.40. The van der Waals surface area contributed by atoms with Crippen LogP contribution in [0.25, 0.3) is 22.3 Å². The second-order valence-electron chi connectivity index (χ2n) is 9.51. The van der Waals surface area contributed by atoms with E-state index < -0.39 is 0 Å². The highest BCUT2D eigenvalue weighted by Crippen LogP contribution is 2.51. The van der Waals surface area contributed by atoms with Crippen LogP contribution in [0, 0.1) is 0 Å². The molecule has 3 aliphatic rings. The average molecular weight is 518 g/mol. The van der Waals surface area contributed by atoms with Crippen LogP contribution in [0.1, 0.15) is 34.8 Å². The summed E-state index contributed by atoms with van der Waals surface area (Å²) in [5.74, 6) is 1.15. The number of anilines is 2. The molecule has 0 bridgehead atoms. The molecular formula is C27H24ClN5O4. The molecule has 1 saturated heterocycles. The summed E-state index contributed by atoms with van der Waals surface area (Å²) in [5, 5.41) is 7.03. The highest BCUT2D eigenvalue weighted by atomic mass is 35.5. The van der Waals surface area contributed by atoms with Gasteiger partial charge in [0.2, 0.25) is 5.88 Å². The topological polar surface area (TPSA) is 110 Å². The SMILES string of the molecule is COc1c(Cl)cccc1Nc1c(-c2ccnc3ccc(O[C@H]4CCOC4)nc23)[nH]c2c1C(=O)N[C@@H]1C[C@H]21. The first-order valence-electron chi connectivity index (χ1n) is 12.3. The summed E-state index contributed by atoms with van der Waals surface area (Å²) in [6, 6.07) is 11.3. The zero-order valence-corrected chi connectivity index (χ0v) is 20.8. The van der Waals surface area contributed by atoms with Crippen LogP contribution in [0.2, 0.25) is 5.02 Å². The molecule has 1 saturated carbocycles. The Balaban J connectivity index is 1.39. The number of pyridine rings is 2. The van der Waals surface area contributed by atoms with Gasteiger partial charge in [-0.05, 0) is 30.7 Å². The summed E-state index contributed by atoms with van der Waals surface area (Å²) in [7, 11) is 1.57. The number of aromatic amines is 1. The molecule has 1 aromatic carbocycles. The molecule has 3 atom stereocenters. The number of methoxy groups -OCH3 is 1. The van der Waals surface area contributed by atoms with Gasteiger partial charge >= 0.3 is 0 Å². The van der Waals surface area contributed by atoms with Crippen molar-refractivity contribution in [2.75, 3.05) is 25.6 Å². The van der Waals surface area contributed by atoms with Gasteiger partial charge in [-0.15, -0.1) is 0 Å². The van der Waals surface area contributed by atoms with Gasteiger partial charge in [-0.3, -0.25) is 9.78 Å². The van der Waals surface area contributed by atoms with Crippen molar-refractivity contribution in [1.29, 1.82) is 0 Å². The van der Waals surface area contributed by atoms with E-state index in [4.69, 9.17) is 30.8 Å². The molecule has 9 nitrogen and oxygen atoms in total. The molecule has 3 aromatic heterocycles. The van der Waals surface area contributed by atoms with Gasteiger partial charge in [0.1, 0.15) is 11.6 Å². The summed E-state index contributed by atoms with van der Waals surface area (Å²) in [6.07, 6.45) is 3.46. The van der Waals surface area contributed by atoms with Crippen molar-refractivity contribution >= 4 is 39.9 Å². The minimum absolute atomic E-state index is 0.0223. The molecular weight excluding hydrogens is 494 g/mol. The van der Waals surface area contributed by atoms with Gasteiger partial charge in [-0.25, -0.2) is 4.98 Å². The molecule has 188 valence electrons. The third-order valence-corrected chi connectivity index (χ3v) is 7.47. The van der Waals surface area contributed by atoms with Crippen LogP contribution < -0.4 is 20.1 Å². The molecule has 7 rings (SSSR count). The Morgan fingerprint density at radius 3 is 2.97 bits per heavy atom. The van der Waals surface area contributed by atoms with Crippen molar-refractivity contribution in [2.45, 2.75) is 30.9 Å². The molecule has 2 aliphatic heterocycles. The van der Waals surface area contributed by atoms with Gasteiger partial charge in [0, 0.05) is 41.9 Å². The van der Waals surface area contributed by atoms with Gasteiger partial charge in [-0.2, -0.15) is 0 Å². The highest BCUT2D eigenvalue weighted by molar-refractivity contribution is 6.32. The number of nitrogens with zero attached hydrogens (tertiary/aromatic N) is 2. The molecule has 5 heterocycles. The number of hydrogen-bond donors (Lipinski definition) is 3. The van der Waals surface area contributed by atoms with Crippen LogP contribution >= 0.6 is 11.6 Å². The Morgan fingerprint density at radius 1 is 1.22 bits per heavy atom. The van der Waals surface area contributed by atoms with Crippen LogP contribution in [0.15, 0.2) is 42.6 Å². The number of para-hydroxylation sites is 1. The Bertz CT molecular complexity index is 1550. The quantitative estimate of drug-likeness (QED) is 0.337. The van der Waals surface area contributed by atoms with Crippen molar-refractivity contribution < 1.29 is 19.0 Å². The summed E-state index contributed by atoms with van der Waals surface area (Å²) < 4.78 is 17.1. The molecule has 10 heteroatoms. The van der Waals surface area contributed by atoms with Gasteiger partial charge in [0.15, 0.2) is 5.75 Å². The zero-order chi connectivity index (χ0) is 25.1. The van der Waals surface area contributed by atoms with Gasteiger partial charge in [-0.1, -0.05) is 17.7 Å². The lowest BCUT2D eigenvalue weighted by atomic mass is 10.0. The molecule has 4 aromatic rings. The minimum atomic E-state index is -0.115. The highest BCUT2D eigenvalue weighted by Gasteiger charge is 2.48. The van der Waals surface area contributed by atoms with Crippen LogP contribution in [0.4, 0.5) is 11.4 Å². The van der Waals surface area contributed by atoms with E-state index in [0.717, 1.165) is 35.3 Å². The lowest BCUT2D eigenvalue weighted by molar-refractivity contribution is 0.0944. The van der Waals surface area contributed by atoms with E-state index in [1.165, 1.54) is 0 Å². The summed E-state index contributed by atoms with van der Waals surface area (Å²) in [5.41, 5.74) is 5.76. The largest absolute Gasteiger partial charge is 0.493 e. The lowest BCUT2D eigenvalue weighted by Gasteiger charge is -2.17. The number of ether oxygens (including phenoxy) is 3. The van der Waals surface area contributed by atoms with E-state index >= 15 is 0 Å². The normalized spacial score (nSPS) is 21.8. The fourth-order valence-corrected chi connectivity index (χ4v) is 5.53. The number of fused-ring (bicyclic) bond motifs is 4. The lowest BCUT2D eigenvalue weighted by Crippen LogP contribution is -2.31. The molecule has 1 amide bonds. The van der Waals surface area contributed by atoms with Crippen molar-refractivity contribution in [1.82, 2.24) is 20.3 Å². The first kappa shape index (κ1) is 22.4. The fourth-order valence-electron chi connectivity index (χ4n) is 5.28. The minimum Gasteiger partial charge on any atom is -0.493 e. The maximum absolute atomic E-state index is 13.2. The number of carbonyl (C=O) groups is 1.